The lowest BCUT2D eigenvalue weighted by molar-refractivity contribution is -0.131. The topological polar surface area (TPSA) is 140 Å². The number of hydrazone groups is 1. The largest absolute Gasteiger partial charge is 0.323 e. The second kappa shape index (κ2) is 7.50. The lowest BCUT2D eigenvalue weighted by atomic mass is 9.80. The molecule has 10 nitrogen and oxygen atoms in total. The second-order valence-electron chi connectivity index (χ2n) is 7.88. The van der Waals surface area contributed by atoms with E-state index >= 15 is 0 Å². The number of aromatic nitrogens is 4. The maximum absolute atomic E-state index is 13.2. The van der Waals surface area contributed by atoms with Crippen LogP contribution in [0.5, 0.6) is 0 Å². The number of fused-ring (bicyclic) bond motifs is 4. The highest BCUT2D eigenvalue weighted by atomic mass is 32.2. The van der Waals surface area contributed by atoms with Gasteiger partial charge in [0.15, 0.2) is 0 Å². The van der Waals surface area contributed by atoms with Crippen LogP contribution in [-0.2, 0) is 21.3 Å². The van der Waals surface area contributed by atoms with E-state index in [4.69, 9.17) is 10.1 Å². The molecule has 1 atom stereocenters. The summed E-state index contributed by atoms with van der Waals surface area (Å²) in [5, 5.41) is 13.9. The van der Waals surface area contributed by atoms with Crippen LogP contribution in [0.15, 0.2) is 40.7 Å². The van der Waals surface area contributed by atoms with E-state index in [-0.39, 0.29) is 5.91 Å². The number of nitrogens with two attached hydrogens (primary N) is 1. The minimum Gasteiger partial charge on any atom is -0.323 e. The van der Waals surface area contributed by atoms with Gasteiger partial charge >= 0.3 is 0 Å². The lowest BCUT2D eigenvalue weighted by Crippen LogP contribution is -2.48. The third-order valence-electron chi connectivity index (χ3n) is 5.97. The maximum Gasteiger partial charge on any atom is 0.266 e. The van der Waals surface area contributed by atoms with Gasteiger partial charge in [-0.25, -0.2) is 24.7 Å². The summed E-state index contributed by atoms with van der Waals surface area (Å²) < 4.78 is 13.4. The Bertz CT molecular complexity index is 1230. The molecule has 1 spiro atoms. The molecule has 1 fully saturated rings. The molecule has 4 heterocycles. The van der Waals surface area contributed by atoms with Crippen molar-refractivity contribution in [1.82, 2.24) is 24.9 Å². The van der Waals surface area contributed by atoms with Crippen LogP contribution in [0, 0.1) is 0 Å². The summed E-state index contributed by atoms with van der Waals surface area (Å²) >= 11 is 0. The van der Waals surface area contributed by atoms with Crippen LogP contribution in [-0.4, -0.2) is 35.3 Å². The Morgan fingerprint density at radius 2 is 2.00 bits per heavy atom. The minimum absolute atomic E-state index is 0.0921. The zero-order valence-corrected chi connectivity index (χ0v) is 17.8. The van der Waals surface area contributed by atoms with Gasteiger partial charge in [0.25, 0.3) is 5.91 Å². The van der Waals surface area contributed by atoms with Gasteiger partial charge in [-0.15, -0.1) is 0 Å². The molecule has 1 amide bonds. The van der Waals surface area contributed by atoms with Crippen LogP contribution >= 0.6 is 0 Å². The van der Waals surface area contributed by atoms with Crippen LogP contribution in [0.3, 0.4) is 0 Å². The highest BCUT2D eigenvalue weighted by Gasteiger charge is 2.45. The standard InChI is InChI=1S/C20H22N8O2S/c1-12-15-9-13-10-23-19(24-14-5-6-16(22-11-14)31(21)30)25-17(13)28(15)20(18(29)27-26-12)7-3-2-4-8-20/h5-6,9-11H,2-4,7-8,21H2,1H3,(H,27,29)(H,23,24,25). The Labute approximate surface area is 180 Å². The summed E-state index contributed by atoms with van der Waals surface area (Å²) in [4.78, 5) is 26.4. The monoisotopic (exact) mass is 438 g/mol. The van der Waals surface area contributed by atoms with Crippen LogP contribution in [0.1, 0.15) is 44.7 Å². The van der Waals surface area contributed by atoms with Crippen LogP contribution in [0.4, 0.5) is 11.6 Å². The Morgan fingerprint density at radius 3 is 2.71 bits per heavy atom. The zero-order valence-electron chi connectivity index (χ0n) is 17.0. The molecule has 3 aromatic heterocycles. The van der Waals surface area contributed by atoms with Crippen LogP contribution in [0.25, 0.3) is 11.0 Å². The van der Waals surface area contributed by atoms with Gasteiger partial charge in [-0.1, -0.05) is 19.3 Å². The van der Waals surface area contributed by atoms with E-state index in [0.29, 0.717) is 22.3 Å². The van der Waals surface area contributed by atoms with Gasteiger partial charge in [0.1, 0.15) is 27.2 Å². The van der Waals surface area contributed by atoms with Gasteiger partial charge < -0.3 is 9.88 Å². The number of amides is 1. The fourth-order valence-corrected chi connectivity index (χ4v) is 4.79. The van der Waals surface area contributed by atoms with Crippen molar-refractivity contribution in [1.29, 1.82) is 0 Å². The SMILES string of the molecule is CC1=NNC(=O)C2(CCCCC2)n2c1cc1cnc(Nc3ccc(S(N)=O)nc3)nc12. The Balaban J connectivity index is 1.61. The first-order chi connectivity index (χ1) is 15.0. The van der Waals surface area contributed by atoms with Crippen molar-refractivity contribution in [2.45, 2.75) is 49.6 Å². The summed E-state index contributed by atoms with van der Waals surface area (Å²) in [7, 11) is -1.64. The molecule has 0 radical (unpaired) electrons. The summed E-state index contributed by atoms with van der Waals surface area (Å²) in [6.07, 6.45) is 7.82. The Kier molecular flexibility index (Phi) is 4.78. The first-order valence-corrected chi connectivity index (χ1v) is 11.3. The fourth-order valence-electron chi connectivity index (χ4n) is 4.44. The molecule has 0 aromatic carbocycles. The average molecular weight is 439 g/mol. The van der Waals surface area contributed by atoms with E-state index in [0.717, 1.165) is 48.9 Å². The third-order valence-corrected chi connectivity index (χ3v) is 6.62. The van der Waals surface area contributed by atoms with Crippen molar-refractivity contribution in [2.24, 2.45) is 10.2 Å². The molecule has 1 saturated carbocycles. The molecular formula is C20H22N8O2S. The van der Waals surface area contributed by atoms with Gasteiger partial charge in [-0.3, -0.25) is 4.79 Å². The van der Waals surface area contributed by atoms with Gasteiger partial charge in [0.05, 0.1) is 23.3 Å². The van der Waals surface area contributed by atoms with Crippen LogP contribution in [0.2, 0.25) is 0 Å². The van der Waals surface area contributed by atoms with Crippen molar-refractivity contribution < 1.29 is 9.00 Å². The molecular weight excluding hydrogens is 416 g/mol. The number of nitrogens with zero attached hydrogens (tertiary/aromatic N) is 5. The van der Waals surface area contributed by atoms with E-state index in [1.807, 2.05) is 13.0 Å². The molecule has 5 rings (SSSR count). The first kappa shape index (κ1) is 19.8. The maximum atomic E-state index is 13.2. The number of hydrogen-bond acceptors (Lipinski definition) is 7. The number of nitrogens with one attached hydrogen (secondary N) is 2. The van der Waals surface area contributed by atoms with Crippen molar-refractivity contribution in [3.05, 3.63) is 36.3 Å². The quantitative estimate of drug-likeness (QED) is 0.572. The molecule has 1 unspecified atom stereocenters. The molecule has 160 valence electrons. The summed E-state index contributed by atoms with van der Waals surface area (Å²) in [6, 6.07) is 5.29. The smallest absolute Gasteiger partial charge is 0.266 e. The van der Waals surface area contributed by atoms with Crippen LogP contribution < -0.4 is 15.9 Å². The predicted octanol–water partition coefficient (Wildman–Crippen LogP) is 2.06. The number of carbonyl (C=O) groups is 1. The van der Waals surface area contributed by atoms with E-state index in [1.165, 1.54) is 6.20 Å². The summed E-state index contributed by atoms with van der Waals surface area (Å²) in [5.41, 5.74) is 4.97. The van der Waals surface area contributed by atoms with Crippen molar-refractivity contribution in [2.75, 3.05) is 5.32 Å². The molecule has 31 heavy (non-hydrogen) atoms. The normalized spacial score (nSPS) is 18.8. The highest BCUT2D eigenvalue weighted by Crippen LogP contribution is 2.40. The molecule has 3 aromatic rings. The van der Waals surface area contributed by atoms with Gasteiger partial charge in [0.2, 0.25) is 5.95 Å². The number of carbonyl (C=O) groups excluding carboxylic acids is 1. The number of anilines is 2. The predicted molar refractivity (Wildman–Crippen MR) is 117 cm³/mol. The summed E-state index contributed by atoms with van der Waals surface area (Å²) in [6.45, 7) is 1.88. The van der Waals surface area contributed by atoms with Gasteiger partial charge in [-0.05, 0) is 38.0 Å². The van der Waals surface area contributed by atoms with Crippen molar-refractivity contribution in [3.63, 3.8) is 0 Å². The second-order valence-corrected chi connectivity index (χ2v) is 8.89. The van der Waals surface area contributed by atoms with Gasteiger partial charge in [-0.2, -0.15) is 10.1 Å². The number of pyridine rings is 1. The molecule has 0 saturated heterocycles. The van der Waals surface area contributed by atoms with E-state index in [2.05, 4.69) is 30.4 Å². The van der Waals surface area contributed by atoms with Gasteiger partial charge in [0, 0.05) is 11.6 Å². The molecule has 11 heteroatoms. The van der Waals surface area contributed by atoms with E-state index < -0.39 is 16.5 Å². The zero-order chi connectivity index (χ0) is 21.6. The third kappa shape index (κ3) is 3.29. The number of rotatable bonds is 3. The Morgan fingerprint density at radius 1 is 1.19 bits per heavy atom. The molecule has 1 aliphatic carbocycles. The molecule has 2 aliphatic rings. The minimum atomic E-state index is -1.64. The van der Waals surface area contributed by atoms with E-state index in [9.17, 15) is 9.00 Å². The summed E-state index contributed by atoms with van der Waals surface area (Å²) in [5.74, 6) is 0.285. The lowest BCUT2D eigenvalue weighted by Gasteiger charge is -2.37. The number of hydrogen-bond donors (Lipinski definition) is 3. The fraction of sp³-hybridized carbons (Fsp3) is 0.350. The van der Waals surface area contributed by atoms with E-state index in [1.54, 1.807) is 18.3 Å². The molecule has 0 bridgehead atoms. The average Bonchev–Trinajstić information content (AvgIpc) is 3.13. The molecule has 1 aliphatic heterocycles. The Hall–Kier alpha value is -3.18. The van der Waals surface area contributed by atoms with Crippen molar-refractivity contribution >= 4 is 45.3 Å². The molecule has 4 N–H and O–H groups in total. The highest BCUT2D eigenvalue weighted by molar-refractivity contribution is 7.82. The first-order valence-electron chi connectivity index (χ1n) is 10.1. The van der Waals surface area contributed by atoms with Crippen molar-refractivity contribution in [3.8, 4) is 0 Å².